The number of nitrogens with zero attached hydrogens (tertiary/aromatic N) is 5. The molecule has 4 rings (SSSR count). The number of carboxylic acids is 1. The molecule has 0 radical (unpaired) electrons. The van der Waals surface area contributed by atoms with E-state index in [1.165, 1.54) is 0 Å². The zero-order valence-corrected chi connectivity index (χ0v) is 18.6. The van der Waals surface area contributed by atoms with Crippen molar-refractivity contribution in [2.75, 3.05) is 25.0 Å². The third-order valence-corrected chi connectivity index (χ3v) is 5.29. The maximum atomic E-state index is 10.6. The van der Waals surface area contributed by atoms with Crippen molar-refractivity contribution in [3.63, 3.8) is 0 Å². The number of β-amino-alcohol motifs (C(OH)–C–C–N with tert-alkyl or cyclic N) is 1. The lowest BCUT2D eigenvalue weighted by Crippen LogP contribution is -2.43. The third kappa shape index (κ3) is 6.38. The van der Waals surface area contributed by atoms with Crippen molar-refractivity contribution >= 4 is 17.6 Å². The molecular formula is C21H26F3N7O3. The van der Waals surface area contributed by atoms with E-state index in [-0.39, 0.29) is 12.0 Å². The van der Waals surface area contributed by atoms with Gasteiger partial charge in [0, 0.05) is 37.0 Å². The first kappa shape index (κ1) is 25.3. The number of alkyl halides is 3. The van der Waals surface area contributed by atoms with Gasteiger partial charge in [-0.1, -0.05) is 13.8 Å². The number of fused-ring (bicyclic) bond motifs is 1. The molecule has 0 unspecified atom stereocenters. The fraction of sp³-hybridized carbons (Fsp3) is 0.476. The molecule has 2 atom stereocenters. The molecule has 0 amide bonds. The molecule has 0 aromatic carbocycles. The van der Waals surface area contributed by atoms with E-state index in [4.69, 9.17) is 14.9 Å². The summed E-state index contributed by atoms with van der Waals surface area (Å²) in [6, 6.07) is 3.77. The van der Waals surface area contributed by atoms with Crippen LogP contribution in [0.15, 0.2) is 30.7 Å². The number of carboxylic acid groups (broad SMARTS) is 1. The van der Waals surface area contributed by atoms with Crippen LogP contribution >= 0.6 is 0 Å². The van der Waals surface area contributed by atoms with Gasteiger partial charge in [-0.3, -0.25) is 0 Å². The molecule has 0 aliphatic carbocycles. The summed E-state index contributed by atoms with van der Waals surface area (Å²) in [5.74, 6) is -1.65. The van der Waals surface area contributed by atoms with Crippen molar-refractivity contribution in [2.24, 2.45) is 5.92 Å². The number of aliphatic hydroxyl groups excluding tert-OH is 1. The molecule has 0 saturated carbocycles. The summed E-state index contributed by atoms with van der Waals surface area (Å²) in [5, 5.41) is 28.0. The van der Waals surface area contributed by atoms with Crippen LogP contribution in [-0.4, -0.2) is 72.7 Å². The van der Waals surface area contributed by atoms with Gasteiger partial charge in [-0.15, -0.1) is 0 Å². The highest BCUT2D eigenvalue weighted by Crippen LogP contribution is 2.22. The van der Waals surface area contributed by atoms with Crippen LogP contribution in [0.2, 0.25) is 0 Å². The van der Waals surface area contributed by atoms with E-state index in [0.717, 1.165) is 35.6 Å². The van der Waals surface area contributed by atoms with E-state index in [2.05, 4.69) is 39.5 Å². The lowest BCUT2D eigenvalue weighted by Gasteiger charge is -2.28. The molecule has 184 valence electrons. The van der Waals surface area contributed by atoms with Crippen LogP contribution in [0.1, 0.15) is 31.7 Å². The number of carbonyl (C=O) groups is 1. The van der Waals surface area contributed by atoms with Crippen LogP contribution in [0.25, 0.3) is 17.0 Å². The Morgan fingerprint density at radius 1 is 1.29 bits per heavy atom. The number of hydrogen-bond acceptors (Lipinski definition) is 8. The quantitative estimate of drug-likeness (QED) is 0.433. The lowest BCUT2D eigenvalue weighted by atomic mass is 9.95. The minimum absolute atomic E-state index is 0.202. The monoisotopic (exact) mass is 481 g/mol. The summed E-state index contributed by atoms with van der Waals surface area (Å²) in [4.78, 5) is 22.6. The number of rotatable bonds is 5. The maximum Gasteiger partial charge on any atom is 0.490 e. The Balaban J connectivity index is 0.000000406. The molecule has 0 spiro atoms. The van der Waals surface area contributed by atoms with Crippen LogP contribution in [-0.2, 0) is 4.79 Å². The minimum Gasteiger partial charge on any atom is -0.475 e. The highest BCUT2D eigenvalue weighted by Gasteiger charge is 2.38. The van der Waals surface area contributed by atoms with Crippen molar-refractivity contribution in [3.05, 3.63) is 36.3 Å². The predicted molar refractivity (Wildman–Crippen MR) is 117 cm³/mol. The van der Waals surface area contributed by atoms with Crippen LogP contribution in [0.3, 0.4) is 0 Å². The standard InChI is InChI=1S/C19H25N7O.C2HF3O2/c1-12(2)14-10-23-26-8-5-16(24-18(14)26)15-4-7-21-19(25-15)22-9-13-3-6-20-11-17(13)27;3-2(4,5)1(6)7/h4-5,7-8,10,12-13,17,20,27H,3,6,9,11H2,1-2H3,(H,21,22,25);(H,6,7)/t13-,17+;/m0./s1. The van der Waals surface area contributed by atoms with E-state index >= 15 is 0 Å². The van der Waals surface area contributed by atoms with Crippen molar-refractivity contribution in [3.8, 4) is 11.4 Å². The largest absolute Gasteiger partial charge is 0.490 e. The number of nitrogens with one attached hydrogen (secondary N) is 2. The zero-order chi connectivity index (χ0) is 24.9. The number of aromatic nitrogens is 5. The van der Waals surface area contributed by atoms with E-state index in [0.29, 0.717) is 25.0 Å². The summed E-state index contributed by atoms with van der Waals surface area (Å²) in [7, 11) is 0. The molecule has 1 aliphatic heterocycles. The summed E-state index contributed by atoms with van der Waals surface area (Å²) < 4.78 is 33.5. The molecule has 10 nitrogen and oxygen atoms in total. The number of aliphatic hydroxyl groups is 1. The fourth-order valence-electron chi connectivity index (χ4n) is 3.38. The van der Waals surface area contributed by atoms with Gasteiger partial charge in [-0.05, 0) is 31.0 Å². The van der Waals surface area contributed by atoms with E-state index in [9.17, 15) is 18.3 Å². The molecule has 3 aromatic heterocycles. The molecule has 34 heavy (non-hydrogen) atoms. The molecular weight excluding hydrogens is 455 g/mol. The molecule has 1 saturated heterocycles. The van der Waals surface area contributed by atoms with Crippen molar-refractivity contribution in [2.45, 2.75) is 38.5 Å². The van der Waals surface area contributed by atoms with E-state index in [1.807, 2.05) is 24.5 Å². The SMILES string of the molecule is CC(C)c1cnn2ccc(-c3ccnc(NC[C@@H]4CCNC[C@H]4O)n3)nc12.O=C(O)C(F)(F)F. The summed E-state index contributed by atoms with van der Waals surface area (Å²) in [6.45, 7) is 6.48. The maximum absolute atomic E-state index is 10.6. The normalized spacial score (nSPS) is 18.4. The number of anilines is 1. The molecule has 1 aliphatic rings. The highest BCUT2D eigenvalue weighted by molar-refractivity contribution is 5.73. The van der Waals surface area contributed by atoms with E-state index < -0.39 is 12.1 Å². The minimum atomic E-state index is -5.08. The molecule has 13 heteroatoms. The average Bonchev–Trinajstić information content (AvgIpc) is 3.22. The van der Waals surface area contributed by atoms with Crippen molar-refractivity contribution in [1.29, 1.82) is 0 Å². The first-order chi connectivity index (χ1) is 16.1. The van der Waals surface area contributed by atoms with Crippen LogP contribution in [0, 0.1) is 5.92 Å². The molecule has 4 N–H and O–H groups in total. The first-order valence-electron chi connectivity index (χ1n) is 10.7. The second-order valence-corrected chi connectivity index (χ2v) is 8.11. The van der Waals surface area contributed by atoms with Gasteiger partial charge < -0.3 is 20.8 Å². The Morgan fingerprint density at radius 2 is 2.00 bits per heavy atom. The van der Waals surface area contributed by atoms with Crippen LogP contribution < -0.4 is 10.6 Å². The van der Waals surface area contributed by atoms with Gasteiger partial charge in [-0.2, -0.15) is 18.3 Å². The van der Waals surface area contributed by atoms with Gasteiger partial charge in [0.15, 0.2) is 5.65 Å². The predicted octanol–water partition coefficient (Wildman–Crippen LogP) is 2.33. The van der Waals surface area contributed by atoms with Gasteiger partial charge >= 0.3 is 12.1 Å². The molecule has 0 bridgehead atoms. The smallest absolute Gasteiger partial charge is 0.475 e. The second kappa shape index (κ2) is 10.7. The molecule has 4 heterocycles. The summed E-state index contributed by atoms with van der Waals surface area (Å²) >= 11 is 0. The molecule has 3 aromatic rings. The van der Waals surface area contributed by atoms with E-state index in [1.54, 1.807) is 10.7 Å². The van der Waals surface area contributed by atoms with Crippen molar-refractivity contribution < 1.29 is 28.2 Å². The summed E-state index contributed by atoms with van der Waals surface area (Å²) in [5.41, 5.74) is 3.52. The Bertz CT molecular complexity index is 1120. The van der Waals surface area contributed by atoms with Gasteiger partial charge in [-0.25, -0.2) is 24.3 Å². The number of aliphatic carboxylic acids is 1. The second-order valence-electron chi connectivity index (χ2n) is 8.11. The third-order valence-electron chi connectivity index (χ3n) is 5.29. The first-order valence-corrected chi connectivity index (χ1v) is 10.7. The van der Waals surface area contributed by atoms with Crippen LogP contribution in [0.4, 0.5) is 19.1 Å². The van der Waals surface area contributed by atoms with Crippen LogP contribution in [0.5, 0.6) is 0 Å². The van der Waals surface area contributed by atoms with Gasteiger partial charge in [0.1, 0.15) is 0 Å². The Morgan fingerprint density at radius 3 is 2.65 bits per heavy atom. The van der Waals surface area contributed by atoms with Crippen molar-refractivity contribution in [1.82, 2.24) is 29.9 Å². The van der Waals surface area contributed by atoms with Gasteiger partial charge in [0.05, 0.1) is 23.7 Å². The number of piperidine rings is 1. The highest BCUT2D eigenvalue weighted by atomic mass is 19.4. The summed E-state index contributed by atoms with van der Waals surface area (Å²) in [6.07, 6.45) is 1.02. The topological polar surface area (TPSA) is 138 Å². The number of hydrogen-bond donors (Lipinski definition) is 4. The average molecular weight is 481 g/mol. The lowest BCUT2D eigenvalue weighted by molar-refractivity contribution is -0.192. The molecule has 1 fully saturated rings. The zero-order valence-electron chi connectivity index (χ0n) is 18.6. The number of halogens is 3. The Kier molecular flexibility index (Phi) is 7.99. The Labute approximate surface area is 193 Å². The van der Waals surface area contributed by atoms with Gasteiger partial charge in [0.25, 0.3) is 0 Å². The Hall–Kier alpha value is -3.32. The van der Waals surface area contributed by atoms with Gasteiger partial charge in [0.2, 0.25) is 5.95 Å². The fourth-order valence-corrected chi connectivity index (χ4v) is 3.38.